The van der Waals surface area contributed by atoms with Gasteiger partial charge in [0.15, 0.2) is 11.5 Å². The van der Waals surface area contributed by atoms with E-state index in [0.717, 1.165) is 11.2 Å². The Kier molecular flexibility index (Phi) is 6.25. The molecule has 0 fully saturated rings. The Morgan fingerprint density at radius 2 is 1.83 bits per heavy atom. The number of aryl methyl sites for hydroxylation is 1. The zero-order chi connectivity index (χ0) is 24.0. The molecule has 5 aromatic heterocycles. The molecule has 0 bridgehead atoms. The van der Waals surface area contributed by atoms with Crippen molar-refractivity contribution in [3.63, 3.8) is 0 Å². The van der Waals surface area contributed by atoms with Gasteiger partial charge in [-0.2, -0.15) is 5.10 Å². The molecule has 0 aliphatic carbocycles. The van der Waals surface area contributed by atoms with Crippen LogP contribution in [-0.2, 0) is 7.05 Å². The summed E-state index contributed by atoms with van der Waals surface area (Å²) in [6.45, 7) is 4.15. The summed E-state index contributed by atoms with van der Waals surface area (Å²) in [4.78, 5) is 39.5. The Bertz CT molecular complexity index is 1530. The van der Waals surface area contributed by atoms with E-state index in [1.165, 1.54) is 0 Å². The number of nitrogens with one attached hydrogen (secondary N) is 3. The highest BCUT2D eigenvalue weighted by atomic mass is 16.1. The van der Waals surface area contributed by atoms with Gasteiger partial charge in [-0.1, -0.05) is 21.3 Å². The molecule has 0 saturated carbocycles. The van der Waals surface area contributed by atoms with E-state index >= 15 is 0 Å². The minimum atomic E-state index is -0.286. The second kappa shape index (κ2) is 9.16. The Morgan fingerprint density at radius 1 is 1.09 bits per heavy atom. The first kappa shape index (κ1) is 23.9. The molecule has 0 aliphatic heterocycles. The van der Waals surface area contributed by atoms with Gasteiger partial charge in [0.25, 0.3) is 5.56 Å². The van der Waals surface area contributed by atoms with Crippen molar-refractivity contribution in [3.05, 3.63) is 53.1 Å². The summed E-state index contributed by atoms with van der Waals surface area (Å²) in [7, 11) is 5.70. The van der Waals surface area contributed by atoms with Crippen LogP contribution in [-0.4, -0.2) is 53.8 Å². The van der Waals surface area contributed by atoms with Gasteiger partial charge in [-0.15, -0.1) is 0 Å². The number of anilines is 2. The highest BCUT2D eigenvalue weighted by Gasteiger charge is 2.26. The third-order valence-corrected chi connectivity index (χ3v) is 5.70. The van der Waals surface area contributed by atoms with Gasteiger partial charge in [0, 0.05) is 39.7 Å². The van der Waals surface area contributed by atoms with Crippen molar-refractivity contribution in [1.82, 2.24) is 39.7 Å². The standard InChI is InChI=1S/C23H26N10O.CH4/c1-12(2)17(22-24-7-6-8-25-22)29-19-16(23(34)28-15-11-33(5)31-18(15)19)21-27-14-9-13(32(3)4)10-26-20(14)30-21;/h6-12,17,29H,1-5H3,(H,28,34)(H,26,27,30);1H4/t17-;/m0./s1. The maximum atomic E-state index is 13.4. The van der Waals surface area contributed by atoms with Crippen LogP contribution in [0.25, 0.3) is 33.6 Å². The van der Waals surface area contributed by atoms with Crippen LogP contribution in [0, 0.1) is 5.92 Å². The quantitative estimate of drug-likeness (QED) is 0.340. The molecule has 0 radical (unpaired) electrons. The van der Waals surface area contributed by atoms with Gasteiger partial charge >= 0.3 is 0 Å². The number of rotatable bonds is 6. The molecule has 35 heavy (non-hydrogen) atoms. The predicted molar refractivity (Wildman–Crippen MR) is 139 cm³/mol. The van der Waals surface area contributed by atoms with Crippen LogP contribution in [0.3, 0.4) is 0 Å². The molecule has 3 N–H and O–H groups in total. The lowest BCUT2D eigenvalue weighted by Gasteiger charge is -2.23. The monoisotopic (exact) mass is 474 g/mol. The number of hydrogen-bond donors (Lipinski definition) is 3. The average molecular weight is 475 g/mol. The third kappa shape index (κ3) is 4.32. The second-order valence-electron chi connectivity index (χ2n) is 8.79. The molecule has 5 heterocycles. The number of aromatic nitrogens is 8. The fraction of sp³-hybridized carbons (Fsp3) is 0.333. The maximum absolute atomic E-state index is 13.4. The predicted octanol–water partition coefficient (Wildman–Crippen LogP) is 3.50. The van der Waals surface area contributed by atoms with Crippen molar-refractivity contribution in [2.24, 2.45) is 13.0 Å². The lowest BCUT2D eigenvalue weighted by Crippen LogP contribution is -2.22. The minimum absolute atomic E-state index is 0. The van der Waals surface area contributed by atoms with Crippen LogP contribution in [0.5, 0.6) is 0 Å². The number of nitrogens with zero attached hydrogens (tertiary/aromatic N) is 7. The first-order valence-electron chi connectivity index (χ1n) is 11.0. The van der Waals surface area contributed by atoms with E-state index in [1.807, 2.05) is 32.1 Å². The number of aromatic amines is 2. The Balaban J connectivity index is 0.00000289. The van der Waals surface area contributed by atoms with Crippen LogP contribution < -0.4 is 15.8 Å². The zero-order valence-electron chi connectivity index (χ0n) is 19.7. The molecule has 11 nitrogen and oxygen atoms in total. The normalized spacial score (nSPS) is 12.2. The molecule has 0 aromatic carbocycles. The first-order chi connectivity index (χ1) is 16.3. The van der Waals surface area contributed by atoms with Gasteiger partial charge in [-0.25, -0.2) is 19.9 Å². The molecule has 182 valence electrons. The maximum Gasteiger partial charge on any atom is 0.261 e. The highest BCUT2D eigenvalue weighted by molar-refractivity contribution is 5.96. The highest BCUT2D eigenvalue weighted by Crippen LogP contribution is 2.34. The molecule has 1 atom stereocenters. The number of hydrogen-bond acceptors (Lipinski definition) is 8. The van der Waals surface area contributed by atoms with Crippen molar-refractivity contribution < 1.29 is 0 Å². The van der Waals surface area contributed by atoms with Crippen molar-refractivity contribution >= 4 is 33.6 Å². The largest absolute Gasteiger partial charge is 0.376 e. The molecule has 0 spiro atoms. The summed E-state index contributed by atoms with van der Waals surface area (Å²) in [6, 6.07) is 3.48. The minimum Gasteiger partial charge on any atom is -0.376 e. The van der Waals surface area contributed by atoms with E-state index in [9.17, 15) is 4.79 Å². The number of H-pyrrole nitrogens is 2. The van der Waals surface area contributed by atoms with E-state index < -0.39 is 0 Å². The molecule has 5 rings (SSSR count). The summed E-state index contributed by atoms with van der Waals surface area (Å²) in [5, 5.41) is 8.14. The molecular weight excluding hydrogens is 444 g/mol. The topological polar surface area (TPSA) is 133 Å². The van der Waals surface area contributed by atoms with E-state index in [-0.39, 0.29) is 24.9 Å². The van der Waals surface area contributed by atoms with Gasteiger partial charge in [0.05, 0.1) is 34.6 Å². The van der Waals surface area contributed by atoms with Gasteiger partial charge in [0.2, 0.25) is 0 Å². The van der Waals surface area contributed by atoms with Crippen molar-refractivity contribution in [2.75, 3.05) is 24.3 Å². The Morgan fingerprint density at radius 3 is 2.51 bits per heavy atom. The number of imidazole rings is 1. The average Bonchev–Trinajstić information content (AvgIpc) is 3.39. The van der Waals surface area contributed by atoms with E-state index in [2.05, 4.69) is 54.2 Å². The molecule has 0 saturated heterocycles. The molecule has 11 heteroatoms. The van der Waals surface area contributed by atoms with Crippen molar-refractivity contribution in [2.45, 2.75) is 27.3 Å². The van der Waals surface area contributed by atoms with Gasteiger partial charge in [0.1, 0.15) is 16.9 Å². The Hall–Kier alpha value is -4.28. The zero-order valence-corrected chi connectivity index (χ0v) is 19.7. The first-order valence-corrected chi connectivity index (χ1v) is 11.0. The Labute approximate surface area is 202 Å². The molecular formula is C24H30N10O. The lowest BCUT2D eigenvalue weighted by molar-refractivity contribution is 0.521. The van der Waals surface area contributed by atoms with Gasteiger partial charge in [-0.05, 0) is 18.1 Å². The molecule has 0 amide bonds. The summed E-state index contributed by atoms with van der Waals surface area (Å²) in [6.07, 6.45) is 6.95. The summed E-state index contributed by atoms with van der Waals surface area (Å²) in [5.41, 5.74) is 4.08. The van der Waals surface area contributed by atoms with Gasteiger partial charge < -0.3 is 20.2 Å². The van der Waals surface area contributed by atoms with Gasteiger partial charge in [-0.3, -0.25) is 9.48 Å². The lowest BCUT2D eigenvalue weighted by atomic mass is 10.0. The van der Waals surface area contributed by atoms with Crippen LogP contribution in [0.2, 0.25) is 0 Å². The van der Waals surface area contributed by atoms with Crippen LogP contribution in [0.4, 0.5) is 11.4 Å². The summed E-state index contributed by atoms with van der Waals surface area (Å²) < 4.78 is 1.67. The van der Waals surface area contributed by atoms with Crippen LogP contribution >= 0.6 is 0 Å². The van der Waals surface area contributed by atoms with E-state index in [4.69, 9.17) is 0 Å². The summed E-state index contributed by atoms with van der Waals surface area (Å²) >= 11 is 0. The van der Waals surface area contributed by atoms with E-state index in [0.29, 0.717) is 39.6 Å². The van der Waals surface area contributed by atoms with Crippen molar-refractivity contribution in [3.8, 4) is 11.4 Å². The third-order valence-electron chi connectivity index (χ3n) is 5.70. The fourth-order valence-corrected chi connectivity index (χ4v) is 3.96. The number of pyridine rings is 2. The SMILES string of the molecule is C.CC(C)[C@H](Nc1c(-c2nc3ncc(N(C)C)cc3[nH]2)c(=O)[nH]c2cn(C)nc12)c1ncccn1. The molecule has 0 aliphatic rings. The second-order valence-corrected chi connectivity index (χ2v) is 8.79. The summed E-state index contributed by atoms with van der Waals surface area (Å²) in [5.74, 6) is 1.18. The molecule has 0 unspecified atom stereocenters. The number of fused-ring (bicyclic) bond motifs is 2. The van der Waals surface area contributed by atoms with Crippen LogP contribution in [0.15, 0.2) is 41.7 Å². The molecule has 5 aromatic rings. The van der Waals surface area contributed by atoms with Crippen molar-refractivity contribution in [1.29, 1.82) is 0 Å². The van der Waals surface area contributed by atoms with E-state index in [1.54, 1.807) is 35.5 Å². The fourth-order valence-electron chi connectivity index (χ4n) is 3.96. The smallest absolute Gasteiger partial charge is 0.261 e. The van der Waals surface area contributed by atoms with Crippen LogP contribution in [0.1, 0.15) is 33.1 Å².